The number of hydrogen-bond acceptors (Lipinski definition) is 4. The number of aromatic nitrogens is 1. The van der Waals surface area contributed by atoms with Crippen LogP contribution in [0.2, 0.25) is 0 Å². The average molecular weight is 204 g/mol. The highest BCUT2D eigenvalue weighted by Gasteiger charge is 2.15. The minimum absolute atomic E-state index is 0.216. The minimum Gasteiger partial charge on any atom is -0.489 e. The van der Waals surface area contributed by atoms with Crippen molar-refractivity contribution < 1.29 is 9.47 Å². The molecule has 0 atom stereocenters. The summed E-state index contributed by atoms with van der Waals surface area (Å²) < 4.78 is 10.9. The first kappa shape index (κ1) is 9.94. The highest BCUT2D eigenvalue weighted by Crippen LogP contribution is 2.16. The first-order valence-electron chi connectivity index (χ1n) is 4.99. The largest absolute Gasteiger partial charge is 0.489 e. The molecule has 0 bridgehead atoms. The number of hydrogen-bond donors (Lipinski definition) is 0. The van der Waals surface area contributed by atoms with E-state index in [1.807, 2.05) is 6.07 Å². The van der Waals surface area contributed by atoms with Crippen molar-refractivity contribution in [3.63, 3.8) is 0 Å². The number of pyridine rings is 1. The van der Waals surface area contributed by atoms with Gasteiger partial charge < -0.3 is 9.47 Å². The fraction of sp³-hybridized carbons (Fsp3) is 0.455. The quantitative estimate of drug-likeness (QED) is 0.732. The summed E-state index contributed by atoms with van der Waals surface area (Å²) in [7, 11) is 0. The zero-order valence-electron chi connectivity index (χ0n) is 8.35. The molecule has 2 rings (SSSR count). The van der Waals surface area contributed by atoms with E-state index in [4.69, 9.17) is 14.7 Å². The van der Waals surface area contributed by atoms with Gasteiger partial charge in [-0.15, -0.1) is 0 Å². The molecule has 1 aliphatic rings. The summed E-state index contributed by atoms with van der Waals surface area (Å²) in [6, 6.07) is 5.41. The van der Waals surface area contributed by atoms with E-state index in [0.717, 1.165) is 31.8 Å². The van der Waals surface area contributed by atoms with Gasteiger partial charge in [0.15, 0.2) is 0 Å². The van der Waals surface area contributed by atoms with E-state index < -0.39 is 0 Å². The Morgan fingerprint density at radius 1 is 1.40 bits per heavy atom. The van der Waals surface area contributed by atoms with Crippen LogP contribution in [0.15, 0.2) is 18.3 Å². The molecule has 78 valence electrons. The van der Waals surface area contributed by atoms with Crippen molar-refractivity contribution in [1.29, 1.82) is 5.26 Å². The molecule has 1 aromatic rings. The smallest absolute Gasteiger partial charge is 0.140 e. The molecule has 2 heterocycles. The molecule has 0 radical (unpaired) electrons. The van der Waals surface area contributed by atoms with Crippen molar-refractivity contribution in [3.8, 4) is 11.8 Å². The molecule has 15 heavy (non-hydrogen) atoms. The predicted octanol–water partition coefficient (Wildman–Crippen LogP) is 1.51. The highest BCUT2D eigenvalue weighted by atomic mass is 16.5. The molecule has 0 N–H and O–H groups in total. The van der Waals surface area contributed by atoms with Crippen LogP contribution in [0, 0.1) is 11.3 Å². The number of rotatable bonds is 2. The van der Waals surface area contributed by atoms with Crippen molar-refractivity contribution in [3.05, 3.63) is 24.0 Å². The van der Waals surface area contributed by atoms with Crippen LogP contribution in [0.4, 0.5) is 0 Å². The molecule has 4 nitrogen and oxygen atoms in total. The van der Waals surface area contributed by atoms with E-state index in [9.17, 15) is 0 Å². The lowest BCUT2D eigenvalue weighted by molar-refractivity contribution is 0.0254. The lowest BCUT2D eigenvalue weighted by Crippen LogP contribution is -2.25. The third-order valence-corrected chi connectivity index (χ3v) is 2.32. The molecule has 0 saturated carbocycles. The fourth-order valence-electron chi connectivity index (χ4n) is 1.50. The standard InChI is InChI=1S/C11H12N2O2/c12-7-9-1-2-11(8-13-9)15-10-3-5-14-6-4-10/h1-2,8,10H,3-6H2. The number of nitrogens with zero attached hydrogens (tertiary/aromatic N) is 2. The van der Waals surface area contributed by atoms with Gasteiger partial charge in [0.1, 0.15) is 23.6 Å². The Labute approximate surface area is 88.5 Å². The van der Waals surface area contributed by atoms with Crippen LogP contribution in [0.1, 0.15) is 18.5 Å². The van der Waals surface area contributed by atoms with Gasteiger partial charge in [-0.3, -0.25) is 0 Å². The molecule has 1 aliphatic heterocycles. The molecule has 0 spiro atoms. The van der Waals surface area contributed by atoms with E-state index in [1.165, 1.54) is 0 Å². The monoisotopic (exact) mass is 204 g/mol. The number of ether oxygens (including phenoxy) is 2. The number of nitriles is 1. The van der Waals surface area contributed by atoms with Gasteiger partial charge in [0.25, 0.3) is 0 Å². The maximum atomic E-state index is 8.58. The van der Waals surface area contributed by atoms with Crippen molar-refractivity contribution in [2.75, 3.05) is 13.2 Å². The molecular formula is C11H12N2O2. The van der Waals surface area contributed by atoms with E-state index in [2.05, 4.69) is 4.98 Å². The van der Waals surface area contributed by atoms with Gasteiger partial charge in [0.05, 0.1) is 19.4 Å². The molecule has 0 unspecified atom stereocenters. The third kappa shape index (κ3) is 2.67. The van der Waals surface area contributed by atoms with Crippen LogP contribution in [-0.4, -0.2) is 24.3 Å². The van der Waals surface area contributed by atoms with Crippen molar-refractivity contribution in [2.45, 2.75) is 18.9 Å². The Hall–Kier alpha value is -1.60. The van der Waals surface area contributed by atoms with Gasteiger partial charge in [-0.1, -0.05) is 0 Å². The Balaban J connectivity index is 1.95. The van der Waals surface area contributed by atoms with Crippen LogP contribution in [0.5, 0.6) is 5.75 Å². The van der Waals surface area contributed by atoms with E-state index in [-0.39, 0.29) is 6.10 Å². The second-order valence-electron chi connectivity index (χ2n) is 3.42. The average Bonchev–Trinajstić information content (AvgIpc) is 2.31. The van der Waals surface area contributed by atoms with Gasteiger partial charge >= 0.3 is 0 Å². The Morgan fingerprint density at radius 3 is 2.80 bits per heavy atom. The first-order valence-corrected chi connectivity index (χ1v) is 4.99. The summed E-state index contributed by atoms with van der Waals surface area (Å²) >= 11 is 0. The SMILES string of the molecule is N#Cc1ccc(OC2CCOCC2)cn1. The Bertz CT molecular complexity index is 350. The zero-order valence-corrected chi connectivity index (χ0v) is 8.35. The lowest BCUT2D eigenvalue weighted by atomic mass is 10.1. The summed E-state index contributed by atoms with van der Waals surface area (Å²) in [6.45, 7) is 1.52. The Morgan fingerprint density at radius 2 is 2.20 bits per heavy atom. The van der Waals surface area contributed by atoms with E-state index >= 15 is 0 Å². The summed E-state index contributed by atoms with van der Waals surface area (Å²) in [4.78, 5) is 3.95. The van der Waals surface area contributed by atoms with Crippen molar-refractivity contribution >= 4 is 0 Å². The molecule has 0 aromatic carbocycles. The molecule has 4 heteroatoms. The molecule has 0 amide bonds. The summed E-state index contributed by atoms with van der Waals surface area (Å²) in [5.74, 6) is 0.723. The van der Waals surface area contributed by atoms with Crippen molar-refractivity contribution in [2.24, 2.45) is 0 Å². The minimum atomic E-state index is 0.216. The van der Waals surface area contributed by atoms with Gasteiger partial charge in [-0.2, -0.15) is 5.26 Å². The van der Waals surface area contributed by atoms with Crippen LogP contribution in [0.3, 0.4) is 0 Å². The fourth-order valence-corrected chi connectivity index (χ4v) is 1.50. The maximum Gasteiger partial charge on any atom is 0.140 e. The third-order valence-electron chi connectivity index (χ3n) is 2.32. The van der Waals surface area contributed by atoms with Gasteiger partial charge in [0.2, 0.25) is 0 Å². The molecule has 1 saturated heterocycles. The first-order chi connectivity index (χ1) is 7.38. The topological polar surface area (TPSA) is 55.1 Å². The van der Waals surface area contributed by atoms with Crippen LogP contribution < -0.4 is 4.74 Å². The molecular weight excluding hydrogens is 192 g/mol. The van der Waals surface area contributed by atoms with Gasteiger partial charge in [-0.05, 0) is 12.1 Å². The zero-order chi connectivity index (χ0) is 10.5. The maximum absolute atomic E-state index is 8.58. The van der Waals surface area contributed by atoms with E-state index in [1.54, 1.807) is 18.3 Å². The van der Waals surface area contributed by atoms with Crippen molar-refractivity contribution in [1.82, 2.24) is 4.98 Å². The van der Waals surface area contributed by atoms with Crippen LogP contribution >= 0.6 is 0 Å². The lowest BCUT2D eigenvalue weighted by Gasteiger charge is -2.22. The van der Waals surface area contributed by atoms with Crippen LogP contribution in [-0.2, 0) is 4.74 Å². The predicted molar refractivity (Wildman–Crippen MR) is 53.4 cm³/mol. The second-order valence-corrected chi connectivity index (χ2v) is 3.42. The highest BCUT2D eigenvalue weighted by molar-refractivity contribution is 5.26. The second kappa shape index (κ2) is 4.76. The van der Waals surface area contributed by atoms with Gasteiger partial charge in [0, 0.05) is 12.8 Å². The summed E-state index contributed by atoms with van der Waals surface area (Å²) in [5.41, 5.74) is 0.411. The molecule has 1 fully saturated rings. The molecule has 0 aliphatic carbocycles. The van der Waals surface area contributed by atoms with Gasteiger partial charge in [-0.25, -0.2) is 4.98 Å². The summed E-state index contributed by atoms with van der Waals surface area (Å²) in [6.07, 6.45) is 3.64. The van der Waals surface area contributed by atoms with Crippen LogP contribution in [0.25, 0.3) is 0 Å². The molecule has 1 aromatic heterocycles. The normalized spacial score (nSPS) is 17.0. The van der Waals surface area contributed by atoms with E-state index in [0.29, 0.717) is 5.69 Å². The Kier molecular flexibility index (Phi) is 3.15. The summed E-state index contributed by atoms with van der Waals surface area (Å²) in [5, 5.41) is 8.58.